The van der Waals surface area contributed by atoms with Gasteiger partial charge in [0.15, 0.2) is 5.82 Å². The molecule has 2 aromatic carbocycles. The van der Waals surface area contributed by atoms with Crippen molar-refractivity contribution >= 4 is 35.0 Å². The van der Waals surface area contributed by atoms with Crippen molar-refractivity contribution in [3.63, 3.8) is 0 Å². The molecular formula is C16H14Cl2N4S. The lowest BCUT2D eigenvalue weighted by molar-refractivity contribution is 0.849. The minimum absolute atomic E-state index is 0.571. The monoisotopic (exact) mass is 364 g/mol. The zero-order valence-electron chi connectivity index (χ0n) is 12.3. The number of thioether (sulfide) groups is 1. The lowest BCUT2D eigenvalue weighted by atomic mass is 10.1. The van der Waals surface area contributed by atoms with Gasteiger partial charge in [-0.15, -0.1) is 10.2 Å². The van der Waals surface area contributed by atoms with E-state index in [4.69, 9.17) is 29.0 Å². The molecule has 0 saturated carbocycles. The van der Waals surface area contributed by atoms with Gasteiger partial charge in [0.25, 0.3) is 0 Å². The maximum Gasteiger partial charge on any atom is 0.210 e. The van der Waals surface area contributed by atoms with Crippen molar-refractivity contribution in [2.24, 2.45) is 0 Å². The number of rotatable bonds is 4. The molecule has 3 aromatic rings. The van der Waals surface area contributed by atoms with Gasteiger partial charge in [-0.25, -0.2) is 4.68 Å². The molecule has 0 unspecified atom stereocenters. The molecule has 0 fully saturated rings. The summed E-state index contributed by atoms with van der Waals surface area (Å²) in [7, 11) is 0. The van der Waals surface area contributed by atoms with E-state index in [1.54, 1.807) is 0 Å². The smallest absolute Gasteiger partial charge is 0.210 e. The van der Waals surface area contributed by atoms with Crippen LogP contribution in [-0.4, -0.2) is 14.9 Å². The summed E-state index contributed by atoms with van der Waals surface area (Å²) in [4.78, 5) is 0. The molecule has 3 rings (SSSR count). The van der Waals surface area contributed by atoms with E-state index in [1.165, 1.54) is 16.4 Å². The van der Waals surface area contributed by atoms with Crippen LogP contribution < -0.4 is 5.84 Å². The summed E-state index contributed by atoms with van der Waals surface area (Å²) >= 11 is 13.8. The van der Waals surface area contributed by atoms with Crippen LogP contribution in [0.25, 0.3) is 11.4 Å². The fourth-order valence-corrected chi connectivity index (χ4v) is 3.79. The van der Waals surface area contributed by atoms with Crippen LogP contribution in [0.4, 0.5) is 0 Å². The molecule has 0 spiro atoms. The first-order valence-electron chi connectivity index (χ1n) is 6.90. The number of nitrogens with zero attached hydrogens (tertiary/aromatic N) is 3. The maximum absolute atomic E-state index is 6.19. The lowest BCUT2D eigenvalue weighted by Crippen LogP contribution is -2.12. The second kappa shape index (κ2) is 6.83. The minimum atomic E-state index is 0.571. The molecule has 118 valence electrons. The van der Waals surface area contributed by atoms with E-state index in [0.717, 1.165) is 16.7 Å². The van der Waals surface area contributed by atoms with Gasteiger partial charge in [-0.1, -0.05) is 65.3 Å². The molecule has 0 radical (unpaired) electrons. The normalized spacial score (nSPS) is 10.9. The lowest BCUT2D eigenvalue weighted by Gasteiger charge is -2.07. The van der Waals surface area contributed by atoms with Crippen LogP contribution in [-0.2, 0) is 5.75 Å². The largest absolute Gasteiger partial charge is 0.335 e. The van der Waals surface area contributed by atoms with Crippen molar-refractivity contribution in [2.75, 3.05) is 5.84 Å². The molecule has 0 aliphatic rings. The first kappa shape index (κ1) is 16.2. The number of aromatic nitrogens is 3. The Morgan fingerprint density at radius 3 is 2.43 bits per heavy atom. The topological polar surface area (TPSA) is 56.7 Å². The van der Waals surface area contributed by atoms with Gasteiger partial charge in [0.1, 0.15) is 0 Å². The Bertz CT molecular complexity index is 828. The second-order valence-corrected chi connectivity index (χ2v) is 6.74. The number of halogens is 2. The van der Waals surface area contributed by atoms with Gasteiger partial charge in [-0.05, 0) is 30.2 Å². The molecule has 2 N–H and O–H groups in total. The molecule has 0 aliphatic heterocycles. The molecule has 1 aromatic heterocycles. The number of hydrogen-bond acceptors (Lipinski definition) is 4. The number of nitrogens with two attached hydrogens (primary N) is 1. The van der Waals surface area contributed by atoms with Crippen LogP contribution in [0.15, 0.2) is 47.6 Å². The van der Waals surface area contributed by atoms with E-state index in [1.807, 2.05) is 49.4 Å². The third-order valence-corrected chi connectivity index (χ3v) is 5.14. The third-order valence-electron chi connectivity index (χ3n) is 3.46. The van der Waals surface area contributed by atoms with Gasteiger partial charge < -0.3 is 5.84 Å². The highest BCUT2D eigenvalue weighted by Crippen LogP contribution is 2.31. The van der Waals surface area contributed by atoms with Crippen molar-refractivity contribution in [1.29, 1.82) is 0 Å². The Morgan fingerprint density at radius 1 is 1.04 bits per heavy atom. The Kier molecular flexibility index (Phi) is 4.80. The van der Waals surface area contributed by atoms with Gasteiger partial charge in [0, 0.05) is 21.4 Å². The Hall–Kier alpha value is -1.69. The molecule has 7 heteroatoms. The van der Waals surface area contributed by atoms with Crippen LogP contribution >= 0.6 is 35.0 Å². The number of nitrogen functional groups attached to an aromatic ring is 1. The fourth-order valence-electron chi connectivity index (χ4n) is 2.19. The molecule has 0 atom stereocenters. The Labute approximate surface area is 148 Å². The van der Waals surface area contributed by atoms with Crippen LogP contribution in [0.5, 0.6) is 0 Å². The van der Waals surface area contributed by atoms with Crippen LogP contribution in [0.3, 0.4) is 0 Å². The first-order chi connectivity index (χ1) is 11.1. The Balaban J connectivity index is 1.85. The van der Waals surface area contributed by atoms with E-state index in [2.05, 4.69) is 10.2 Å². The molecule has 0 bridgehead atoms. The Morgan fingerprint density at radius 2 is 1.74 bits per heavy atom. The van der Waals surface area contributed by atoms with E-state index in [9.17, 15) is 0 Å². The van der Waals surface area contributed by atoms with Crippen molar-refractivity contribution in [3.8, 4) is 11.4 Å². The summed E-state index contributed by atoms with van der Waals surface area (Å²) in [5.41, 5.74) is 2.92. The molecule has 0 amide bonds. The van der Waals surface area contributed by atoms with Gasteiger partial charge in [0.05, 0.1) is 0 Å². The van der Waals surface area contributed by atoms with Gasteiger partial charge in [-0.2, -0.15) is 0 Å². The minimum Gasteiger partial charge on any atom is -0.335 e. The summed E-state index contributed by atoms with van der Waals surface area (Å²) in [6.07, 6.45) is 0. The standard InChI is InChI=1S/C16H14Cl2N4S/c1-10-5-2-3-6-11(10)15-20-21-16(22(15)19)23-9-12-13(17)7-4-8-14(12)18/h2-8H,9,19H2,1H3. The van der Waals surface area contributed by atoms with Crippen molar-refractivity contribution in [3.05, 3.63) is 63.6 Å². The zero-order chi connectivity index (χ0) is 16.4. The molecule has 0 aliphatic carbocycles. The average Bonchev–Trinajstić information content (AvgIpc) is 2.88. The van der Waals surface area contributed by atoms with Crippen LogP contribution in [0.1, 0.15) is 11.1 Å². The van der Waals surface area contributed by atoms with Gasteiger partial charge >= 0.3 is 0 Å². The van der Waals surface area contributed by atoms with Gasteiger partial charge in [0.2, 0.25) is 5.16 Å². The number of benzene rings is 2. The second-order valence-electron chi connectivity index (χ2n) is 4.98. The molecule has 4 nitrogen and oxygen atoms in total. The van der Waals surface area contributed by atoms with Crippen LogP contribution in [0, 0.1) is 6.92 Å². The van der Waals surface area contributed by atoms with Crippen molar-refractivity contribution in [2.45, 2.75) is 17.8 Å². The predicted octanol–water partition coefficient (Wildman–Crippen LogP) is 4.57. The summed E-state index contributed by atoms with van der Waals surface area (Å²) < 4.78 is 1.50. The molecule has 0 saturated heterocycles. The van der Waals surface area contributed by atoms with Crippen molar-refractivity contribution in [1.82, 2.24) is 14.9 Å². The summed E-state index contributed by atoms with van der Waals surface area (Å²) in [5, 5.41) is 10.3. The van der Waals surface area contributed by atoms with E-state index < -0.39 is 0 Å². The first-order valence-corrected chi connectivity index (χ1v) is 8.64. The van der Waals surface area contributed by atoms with E-state index in [0.29, 0.717) is 26.8 Å². The average molecular weight is 365 g/mol. The highest BCUT2D eigenvalue weighted by Gasteiger charge is 2.15. The summed E-state index contributed by atoms with van der Waals surface area (Å²) in [5.74, 6) is 7.36. The molecular weight excluding hydrogens is 351 g/mol. The summed E-state index contributed by atoms with van der Waals surface area (Å²) in [6, 6.07) is 13.4. The van der Waals surface area contributed by atoms with E-state index >= 15 is 0 Å². The highest BCUT2D eigenvalue weighted by atomic mass is 35.5. The zero-order valence-corrected chi connectivity index (χ0v) is 14.7. The molecule has 1 heterocycles. The van der Waals surface area contributed by atoms with Crippen LogP contribution in [0.2, 0.25) is 10.0 Å². The summed E-state index contributed by atoms with van der Waals surface area (Å²) in [6.45, 7) is 2.01. The highest BCUT2D eigenvalue weighted by molar-refractivity contribution is 7.98. The predicted molar refractivity (Wildman–Crippen MR) is 96.4 cm³/mol. The van der Waals surface area contributed by atoms with E-state index in [-0.39, 0.29) is 0 Å². The van der Waals surface area contributed by atoms with Crippen molar-refractivity contribution < 1.29 is 0 Å². The third kappa shape index (κ3) is 3.32. The molecule has 23 heavy (non-hydrogen) atoms. The maximum atomic E-state index is 6.19. The number of hydrogen-bond donors (Lipinski definition) is 1. The number of aryl methyl sites for hydroxylation is 1. The van der Waals surface area contributed by atoms with Gasteiger partial charge in [-0.3, -0.25) is 0 Å². The quantitative estimate of drug-likeness (QED) is 0.544. The SMILES string of the molecule is Cc1ccccc1-c1nnc(SCc2c(Cl)cccc2Cl)n1N. The fraction of sp³-hybridized carbons (Fsp3) is 0.125.